The first-order valence-electron chi connectivity index (χ1n) is 7.47. The predicted octanol–water partition coefficient (Wildman–Crippen LogP) is 2.93. The summed E-state index contributed by atoms with van der Waals surface area (Å²) in [6.45, 7) is 8.02. The highest BCUT2D eigenvalue weighted by atomic mass is 16.5. The minimum absolute atomic E-state index is 0.433. The van der Waals surface area contributed by atoms with Crippen molar-refractivity contribution in [2.24, 2.45) is 0 Å². The molecule has 0 amide bonds. The molecule has 110 valence electrons. The van der Waals surface area contributed by atoms with Crippen LogP contribution in [0.25, 0.3) is 0 Å². The first-order valence-corrected chi connectivity index (χ1v) is 7.47. The normalized spacial score (nSPS) is 12.8. The van der Waals surface area contributed by atoms with Crippen molar-refractivity contribution < 1.29 is 4.52 Å². The van der Waals surface area contributed by atoms with E-state index in [2.05, 4.69) is 52.3 Å². The number of nitrogens with one attached hydrogen (secondary N) is 1. The Morgan fingerprint density at radius 2 is 2.20 bits per heavy atom. The van der Waals surface area contributed by atoms with Gasteiger partial charge >= 0.3 is 0 Å². The van der Waals surface area contributed by atoms with Gasteiger partial charge in [0.15, 0.2) is 5.82 Å². The van der Waals surface area contributed by atoms with E-state index in [1.807, 2.05) is 6.92 Å². The summed E-state index contributed by atoms with van der Waals surface area (Å²) in [4.78, 5) is 4.34. The Hall–Kier alpha value is -1.62. The summed E-state index contributed by atoms with van der Waals surface area (Å²) in [5.74, 6) is 1.43. The Morgan fingerprint density at radius 3 is 2.85 bits per heavy atom. The number of aryl methyl sites for hydroxylation is 1. The van der Waals surface area contributed by atoms with E-state index < -0.39 is 0 Å². The van der Waals surface area contributed by atoms with Gasteiger partial charge in [-0.05, 0) is 24.6 Å². The van der Waals surface area contributed by atoms with Gasteiger partial charge in [0, 0.05) is 24.9 Å². The highest BCUT2D eigenvalue weighted by molar-refractivity contribution is 5.16. The van der Waals surface area contributed by atoms with Crippen LogP contribution in [0.3, 0.4) is 0 Å². The van der Waals surface area contributed by atoms with E-state index in [1.54, 1.807) is 0 Å². The summed E-state index contributed by atoms with van der Waals surface area (Å²) in [7, 11) is 0. The summed E-state index contributed by atoms with van der Waals surface area (Å²) in [6.07, 6.45) is 7.36. The smallest absolute Gasteiger partial charge is 0.226 e. The van der Waals surface area contributed by atoms with Crippen molar-refractivity contribution in [1.29, 1.82) is 0 Å². The van der Waals surface area contributed by atoms with Crippen molar-refractivity contribution in [2.75, 3.05) is 6.54 Å². The molecule has 2 heterocycles. The first kappa shape index (κ1) is 14.8. The minimum Gasteiger partial charge on any atom is -0.346 e. The number of hydrogen-bond donors (Lipinski definition) is 1. The van der Waals surface area contributed by atoms with Gasteiger partial charge in [0.05, 0.1) is 6.54 Å². The molecule has 0 bridgehead atoms. The van der Waals surface area contributed by atoms with Crippen LogP contribution in [0, 0.1) is 0 Å². The zero-order chi connectivity index (χ0) is 14.4. The van der Waals surface area contributed by atoms with Gasteiger partial charge in [0.1, 0.15) is 0 Å². The molecule has 2 rings (SSSR count). The molecule has 0 saturated carbocycles. The van der Waals surface area contributed by atoms with Gasteiger partial charge in [-0.25, -0.2) is 0 Å². The topological polar surface area (TPSA) is 55.9 Å². The third-order valence-corrected chi connectivity index (χ3v) is 3.34. The molecule has 2 aromatic heterocycles. The Balaban J connectivity index is 2.03. The molecule has 1 unspecified atom stereocenters. The Kier molecular flexibility index (Phi) is 5.35. The fourth-order valence-electron chi connectivity index (χ4n) is 2.35. The molecule has 1 atom stereocenters. The van der Waals surface area contributed by atoms with Crippen molar-refractivity contribution in [3.05, 3.63) is 35.7 Å². The molecular formula is C15H24N4O. The average molecular weight is 276 g/mol. The van der Waals surface area contributed by atoms with Crippen molar-refractivity contribution in [2.45, 2.75) is 52.6 Å². The second-order valence-corrected chi connectivity index (χ2v) is 4.97. The number of rotatable bonds is 8. The maximum Gasteiger partial charge on any atom is 0.226 e. The second-order valence-electron chi connectivity index (χ2n) is 4.97. The lowest BCUT2D eigenvalue weighted by atomic mass is 10.1. The Bertz CT molecular complexity index is 511. The van der Waals surface area contributed by atoms with E-state index in [-0.39, 0.29) is 0 Å². The SMILES string of the molecule is CCCC(NCC)c1ccn(Cc2noc(CC)n2)c1. The Labute approximate surface area is 120 Å². The van der Waals surface area contributed by atoms with Gasteiger partial charge in [0.2, 0.25) is 5.89 Å². The van der Waals surface area contributed by atoms with E-state index in [0.29, 0.717) is 18.5 Å². The summed E-state index contributed by atoms with van der Waals surface area (Å²) in [5.41, 5.74) is 1.33. The van der Waals surface area contributed by atoms with Crippen molar-refractivity contribution in [1.82, 2.24) is 20.0 Å². The van der Waals surface area contributed by atoms with Crippen LogP contribution in [-0.2, 0) is 13.0 Å². The van der Waals surface area contributed by atoms with Crippen LogP contribution in [0.1, 0.15) is 56.9 Å². The van der Waals surface area contributed by atoms with E-state index in [9.17, 15) is 0 Å². The van der Waals surface area contributed by atoms with Gasteiger partial charge in [-0.2, -0.15) is 4.98 Å². The van der Waals surface area contributed by atoms with Crippen LogP contribution in [0.5, 0.6) is 0 Å². The van der Waals surface area contributed by atoms with Crippen LogP contribution in [0.15, 0.2) is 23.0 Å². The molecule has 0 aliphatic carbocycles. The molecule has 0 aromatic carbocycles. The average Bonchev–Trinajstić information content (AvgIpc) is 3.08. The predicted molar refractivity (Wildman–Crippen MR) is 78.5 cm³/mol. The molecule has 0 saturated heterocycles. The van der Waals surface area contributed by atoms with Crippen molar-refractivity contribution >= 4 is 0 Å². The van der Waals surface area contributed by atoms with Gasteiger partial charge in [0.25, 0.3) is 0 Å². The maximum atomic E-state index is 5.13. The van der Waals surface area contributed by atoms with E-state index in [4.69, 9.17) is 4.52 Å². The summed E-state index contributed by atoms with van der Waals surface area (Å²) < 4.78 is 7.24. The maximum absolute atomic E-state index is 5.13. The van der Waals surface area contributed by atoms with Gasteiger partial charge < -0.3 is 14.4 Å². The zero-order valence-corrected chi connectivity index (χ0v) is 12.6. The highest BCUT2D eigenvalue weighted by Gasteiger charge is 2.11. The Morgan fingerprint density at radius 1 is 1.35 bits per heavy atom. The third-order valence-electron chi connectivity index (χ3n) is 3.34. The molecule has 0 fully saturated rings. The molecule has 0 radical (unpaired) electrons. The molecule has 2 aromatic rings. The van der Waals surface area contributed by atoms with Crippen LogP contribution in [-0.4, -0.2) is 21.3 Å². The van der Waals surface area contributed by atoms with Crippen LogP contribution in [0.2, 0.25) is 0 Å². The van der Waals surface area contributed by atoms with Crippen molar-refractivity contribution in [3.8, 4) is 0 Å². The molecule has 0 aliphatic heterocycles. The largest absolute Gasteiger partial charge is 0.346 e. The molecule has 0 aliphatic rings. The van der Waals surface area contributed by atoms with Gasteiger partial charge in [-0.15, -0.1) is 0 Å². The molecule has 5 nitrogen and oxygen atoms in total. The lowest BCUT2D eigenvalue weighted by Crippen LogP contribution is -2.20. The molecule has 5 heteroatoms. The number of hydrogen-bond acceptors (Lipinski definition) is 4. The van der Waals surface area contributed by atoms with Gasteiger partial charge in [-0.1, -0.05) is 32.3 Å². The van der Waals surface area contributed by atoms with E-state index in [0.717, 1.165) is 25.2 Å². The third kappa shape index (κ3) is 3.70. The van der Waals surface area contributed by atoms with Crippen LogP contribution >= 0.6 is 0 Å². The number of nitrogens with zero attached hydrogens (tertiary/aromatic N) is 3. The van der Waals surface area contributed by atoms with E-state index in [1.165, 1.54) is 12.0 Å². The lowest BCUT2D eigenvalue weighted by molar-refractivity contribution is 0.375. The second kappa shape index (κ2) is 7.24. The summed E-state index contributed by atoms with van der Waals surface area (Å²) in [6, 6.07) is 2.60. The van der Waals surface area contributed by atoms with Crippen LogP contribution in [0.4, 0.5) is 0 Å². The molecule has 0 spiro atoms. The monoisotopic (exact) mass is 276 g/mol. The van der Waals surface area contributed by atoms with Crippen LogP contribution < -0.4 is 5.32 Å². The molecule has 20 heavy (non-hydrogen) atoms. The quantitative estimate of drug-likeness (QED) is 0.805. The summed E-state index contributed by atoms with van der Waals surface area (Å²) in [5, 5.41) is 7.51. The highest BCUT2D eigenvalue weighted by Crippen LogP contribution is 2.19. The lowest BCUT2D eigenvalue weighted by Gasteiger charge is -2.15. The molecule has 1 N–H and O–H groups in total. The summed E-state index contributed by atoms with van der Waals surface area (Å²) >= 11 is 0. The fraction of sp³-hybridized carbons (Fsp3) is 0.600. The van der Waals surface area contributed by atoms with E-state index >= 15 is 0 Å². The first-order chi connectivity index (χ1) is 9.76. The molecular weight excluding hydrogens is 252 g/mol. The minimum atomic E-state index is 0.433. The number of aromatic nitrogens is 3. The van der Waals surface area contributed by atoms with Crippen molar-refractivity contribution in [3.63, 3.8) is 0 Å². The van der Waals surface area contributed by atoms with Gasteiger partial charge in [-0.3, -0.25) is 0 Å². The standard InChI is InChI=1S/C15H24N4O/c1-4-7-13(16-6-3)12-8-9-19(10-12)11-14-17-15(5-2)20-18-14/h8-10,13,16H,4-7,11H2,1-3H3. The zero-order valence-electron chi connectivity index (χ0n) is 12.6. The fourth-order valence-corrected chi connectivity index (χ4v) is 2.35.